The quantitative estimate of drug-likeness (QED) is 0.532. The highest BCUT2D eigenvalue weighted by Crippen LogP contribution is 2.30. The molecule has 3 aromatic rings. The minimum Gasteiger partial charge on any atom is -0.360 e. The number of anilines is 2. The number of tetrazole rings is 1. The van der Waals surface area contributed by atoms with Crippen LogP contribution in [0.25, 0.3) is 5.57 Å². The lowest BCUT2D eigenvalue weighted by Crippen LogP contribution is -2.29. The maximum atomic E-state index is 12.8. The zero-order valence-electron chi connectivity index (χ0n) is 14.7. The molecule has 0 bridgehead atoms. The molecular formula is C19H13N7O2. The van der Waals surface area contributed by atoms with Crippen LogP contribution in [0.1, 0.15) is 32.1 Å². The minimum absolute atomic E-state index is 0.146. The lowest BCUT2D eigenvalue weighted by atomic mass is 10.1. The number of rotatable bonds is 4. The number of carbonyl (C=O) groups is 2. The van der Waals surface area contributed by atoms with Gasteiger partial charge in [0.15, 0.2) is 0 Å². The van der Waals surface area contributed by atoms with Crippen molar-refractivity contribution in [2.45, 2.75) is 6.92 Å². The molecular weight excluding hydrogens is 358 g/mol. The number of nitrogens with zero attached hydrogens (tertiary/aromatic N) is 5. The van der Waals surface area contributed by atoms with Gasteiger partial charge in [-0.1, -0.05) is 17.7 Å². The number of benzene rings is 2. The van der Waals surface area contributed by atoms with Gasteiger partial charge in [0.1, 0.15) is 11.6 Å². The first-order chi connectivity index (χ1) is 13.6. The van der Waals surface area contributed by atoms with Crippen molar-refractivity contribution in [2.24, 2.45) is 0 Å². The predicted molar refractivity (Wildman–Crippen MR) is 100 cm³/mol. The van der Waals surface area contributed by atoms with Crippen molar-refractivity contribution in [3.05, 3.63) is 71.2 Å². The van der Waals surface area contributed by atoms with Gasteiger partial charge < -0.3 is 5.32 Å². The van der Waals surface area contributed by atoms with Gasteiger partial charge in [-0.05, 0) is 42.5 Å². The Bertz CT molecular complexity index is 1140. The van der Waals surface area contributed by atoms with Crippen LogP contribution in [0.2, 0.25) is 0 Å². The topological polar surface area (TPSA) is 128 Å². The first kappa shape index (κ1) is 17.1. The van der Waals surface area contributed by atoms with Crippen molar-refractivity contribution in [2.75, 3.05) is 10.2 Å². The average Bonchev–Trinajstić information content (AvgIpc) is 3.31. The molecule has 28 heavy (non-hydrogen) atoms. The summed E-state index contributed by atoms with van der Waals surface area (Å²) in [4.78, 5) is 26.6. The van der Waals surface area contributed by atoms with Crippen molar-refractivity contribution < 1.29 is 9.59 Å². The van der Waals surface area contributed by atoms with E-state index < -0.39 is 5.91 Å². The number of H-pyrrole nitrogens is 1. The molecule has 0 unspecified atom stereocenters. The zero-order valence-corrected chi connectivity index (χ0v) is 14.7. The van der Waals surface area contributed by atoms with Gasteiger partial charge in [0.05, 0.1) is 16.8 Å². The molecule has 0 saturated heterocycles. The number of aromatic amines is 1. The van der Waals surface area contributed by atoms with Crippen LogP contribution < -0.4 is 10.2 Å². The summed E-state index contributed by atoms with van der Waals surface area (Å²) in [5.41, 5.74) is 2.89. The van der Waals surface area contributed by atoms with Crippen LogP contribution in [0.4, 0.5) is 11.4 Å². The van der Waals surface area contributed by atoms with Crippen molar-refractivity contribution >= 4 is 28.8 Å². The Kier molecular flexibility index (Phi) is 4.14. The Morgan fingerprint density at radius 3 is 2.57 bits per heavy atom. The highest BCUT2D eigenvalue weighted by Gasteiger charge is 2.36. The highest BCUT2D eigenvalue weighted by atomic mass is 16.2. The third-order valence-electron chi connectivity index (χ3n) is 4.27. The molecule has 1 aromatic heterocycles. The van der Waals surface area contributed by atoms with Gasteiger partial charge >= 0.3 is 0 Å². The van der Waals surface area contributed by atoms with E-state index in [9.17, 15) is 14.9 Å². The SMILES string of the molecule is Cc1ccc(N2C(=O)c3ccc(NC=C(C#N)c4nn[nH]n4)cc3C2=O)cc1. The standard InChI is InChI=1S/C19H13N7O2/c1-11-2-5-14(6-3-11)26-18(27)15-7-4-13(8-16(15)19(26)28)21-10-12(9-20)17-22-24-25-23-17/h2-8,10,21H,1H3,(H,22,23,24,25). The fourth-order valence-corrected chi connectivity index (χ4v) is 2.84. The van der Waals surface area contributed by atoms with E-state index in [1.807, 2.05) is 25.1 Å². The van der Waals surface area contributed by atoms with Crippen LogP contribution in [0.5, 0.6) is 0 Å². The molecule has 1 aliphatic heterocycles. The Balaban J connectivity index is 1.62. The fourth-order valence-electron chi connectivity index (χ4n) is 2.84. The predicted octanol–water partition coefficient (Wildman–Crippen LogP) is 2.29. The molecule has 0 fully saturated rings. The first-order valence-electron chi connectivity index (χ1n) is 8.28. The van der Waals surface area contributed by atoms with E-state index in [0.717, 1.165) is 10.5 Å². The van der Waals surface area contributed by atoms with E-state index in [2.05, 4.69) is 25.9 Å². The molecule has 9 nitrogen and oxygen atoms in total. The molecule has 2 heterocycles. The number of aromatic nitrogens is 4. The second-order valence-electron chi connectivity index (χ2n) is 6.09. The summed E-state index contributed by atoms with van der Waals surface area (Å²) >= 11 is 0. The van der Waals surface area contributed by atoms with Crippen LogP contribution in [0, 0.1) is 18.3 Å². The van der Waals surface area contributed by atoms with Gasteiger partial charge in [0.25, 0.3) is 11.8 Å². The number of hydrogen-bond donors (Lipinski definition) is 2. The molecule has 136 valence electrons. The number of nitriles is 1. The van der Waals surface area contributed by atoms with Crippen LogP contribution >= 0.6 is 0 Å². The maximum absolute atomic E-state index is 12.8. The molecule has 0 spiro atoms. The highest BCUT2D eigenvalue weighted by molar-refractivity contribution is 6.34. The molecule has 4 rings (SSSR count). The first-order valence-corrected chi connectivity index (χ1v) is 8.28. The number of nitrogens with one attached hydrogen (secondary N) is 2. The van der Waals surface area contributed by atoms with Gasteiger partial charge in [-0.15, -0.1) is 10.2 Å². The van der Waals surface area contributed by atoms with Gasteiger partial charge in [-0.2, -0.15) is 10.5 Å². The lowest BCUT2D eigenvalue weighted by Gasteiger charge is -2.13. The molecule has 0 atom stereocenters. The number of imide groups is 1. The summed E-state index contributed by atoms with van der Waals surface area (Å²) in [7, 11) is 0. The lowest BCUT2D eigenvalue weighted by molar-refractivity contribution is 0.0926. The summed E-state index contributed by atoms with van der Waals surface area (Å²) in [6.07, 6.45) is 1.41. The normalized spacial score (nSPS) is 13.4. The average molecular weight is 371 g/mol. The van der Waals surface area contributed by atoms with Gasteiger partial charge in [0, 0.05) is 11.9 Å². The van der Waals surface area contributed by atoms with Crippen LogP contribution in [-0.4, -0.2) is 32.4 Å². The molecule has 2 amide bonds. The van der Waals surface area contributed by atoms with E-state index in [0.29, 0.717) is 22.5 Å². The molecule has 1 aliphatic rings. The monoisotopic (exact) mass is 371 g/mol. The molecule has 9 heteroatoms. The van der Waals surface area contributed by atoms with Crippen LogP contribution in [-0.2, 0) is 0 Å². The zero-order chi connectivity index (χ0) is 19.7. The van der Waals surface area contributed by atoms with Crippen LogP contribution in [0.3, 0.4) is 0 Å². The number of carbonyl (C=O) groups excluding carboxylic acids is 2. The number of aryl methyl sites for hydroxylation is 1. The summed E-state index contributed by atoms with van der Waals surface area (Å²) in [6.45, 7) is 1.93. The van der Waals surface area contributed by atoms with E-state index in [-0.39, 0.29) is 17.3 Å². The Morgan fingerprint density at radius 1 is 1.14 bits per heavy atom. The van der Waals surface area contributed by atoms with Crippen molar-refractivity contribution in [1.82, 2.24) is 20.6 Å². The number of fused-ring (bicyclic) bond motifs is 1. The number of amides is 2. The second kappa shape index (κ2) is 6.77. The Morgan fingerprint density at radius 2 is 1.89 bits per heavy atom. The third-order valence-corrected chi connectivity index (χ3v) is 4.27. The maximum Gasteiger partial charge on any atom is 0.266 e. The molecule has 0 aliphatic carbocycles. The molecule has 0 radical (unpaired) electrons. The van der Waals surface area contributed by atoms with E-state index in [4.69, 9.17) is 0 Å². The van der Waals surface area contributed by atoms with Crippen molar-refractivity contribution in [1.29, 1.82) is 5.26 Å². The number of hydrogen-bond acceptors (Lipinski definition) is 7. The van der Waals surface area contributed by atoms with Gasteiger partial charge in [-0.25, -0.2) is 4.90 Å². The minimum atomic E-state index is -0.393. The van der Waals surface area contributed by atoms with Gasteiger partial charge in [0.2, 0.25) is 5.82 Å². The molecule has 2 aromatic carbocycles. The van der Waals surface area contributed by atoms with E-state index >= 15 is 0 Å². The third kappa shape index (κ3) is 2.89. The number of allylic oxidation sites excluding steroid dienone is 1. The summed E-state index contributed by atoms with van der Waals surface area (Å²) in [5, 5.41) is 25.3. The summed E-state index contributed by atoms with van der Waals surface area (Å²) < 4.78 is 0. The smallest absolute Gasteiger partial charge is 0.266 e. The van der Waals surface area contributed by atoms with E-state index in [1.165, 1.54) is 6.20 Å². The largest absolute Gasteiger partial charge is 0.360 e. The van der Waals surface area contributed by atoms with Crippen molar-refractivity contribution in [3.63, 3.8) is 0 Å². The summed E-state index contributed by atoms with van der Waals surface area (Å²) in [5.74, 6) is -0.612. The Labute approximate surface area is 159 Å². The molecule has 2 N–H and O–H groups in total. The summed E-state index contributed by atoms with van der Waals surface area (Å²) in [6, 6.07) is 13.9. The molecule has 0 saturated carbocycles. The fraction of sp³-hybridized carbons (Fsp3) is 0.0526. The van der Waals surface area contributed by atoms with E-state index in [1.54, 1.807) is 30.3 Å². The van der Waals surface area contributed by atoms with Crippen molar-refractivity contribution in [3.8, 4) is 6.07 Å². The second-order valence-corrected chi connectivity index (χ2v) is 6.09. The van der Waals surface area contributed by atoms with Gasteiger partial charge in [-0.3, -0.25) is 9.59 Å². The Hall–Kier alpha value is -4.32. The van der Waals surface area contributed by atoms with Crippen LogP contribution in [0.15, 0.2) is 48.7 Å².